The number of methoxy groups -OCH3 is 2. The number of hydrogen-bond acceptors (Lipinski definition) is 7. The lowest BCUT2D eigenvalue weighted by molar-refractivity contribution is -0.149. The highest BCUT2D eigenvalue weighted by Crippen LogP contribution is 2.34. The molecule has 0 amide bonds. The summed E-state index contributed by atoms with van der Waals surface area (Å²) in [4.78, 5) is 24.4. The Labute approximate surface area is 174 Å². The van der Waals surface area contributed by atoms with Crippen LogP contribution in [0.5, 0.6) is 17.2 Å². The fraction of sp³-hybridized carbons (Fsp3) is 0.304. The second-order valence-corrected chi connectivity index (χ2v) is 6.94. The van der Waals surface area contributed by atoms with E-state index in [-0.39, 0.29) is 12.7 Å². The van der Waals surface area contributed by atoms with E-state index >= 15 is 0 Å². The van der Waals surface area contributed by atoms with Crippen molar-refractivity contribution in [2.75, 3.05) is 20.8 Å². The van der Waals surface area contributed by atoms with E-state index in [1.807, 2.05) is 6.92 Å². The maximum atomic E-state index is 12.7. The smallest absolute Gasteiger partial charge is 0.344 e. The molecule has 0 saturated carbocycles. The number of fused-ring (bicyclic) bond motifs is 1. The van der Waals surface area contributed by atoms with Gasteiger partial charge in [0.05, 0.1) is 25.9 Å². The molecule has 7 heteroatoms. The van der Waals surface area contributed by atoms with Crippen molar-refractivity contribution in [3.63, 3.8) is 0 Å². The van der Waals surface area contributed by atoms with E-state index in [9.17, 15) is 9.59 Å². The predicted octanol–water partition coefficient (Wildman–Crippen LogP) is 4.12. The van der Waals surface area contributed by atoms with Crippen LogP contribution in [0.15, 0.2) is 45.6 Å². The molecule has 7 nitrogen and oxygen atoms in total. The Morgan fingerprint density at radius 2 is 1.77 bits per heavy atom. The zero-order chi connectivity index (χ0) is 21.8. The molecule has 0 saturated heterocycles. The van der Waals surface area contributed by atoms with Crippen molar-refractivity contribution in [1.29, 1.82) is 0 Å². The lowest BCUT2D eigenvalue weighted by Crippen LogP contribution is -2.18. The maximum Gasteiger partial charge on any atom is 0.344 e. The third kappa shape index (κ3) is 4.40. The topological polar surface area (TPSA) is 84.2 Å². The average molecular weight is 412 g/mol. The average Bonchev–Trinajstić information content (AvgIpc) is 2.71. The first kappa shape index (κ1) is 21.2. The van der Waals surface area contributed by atoms with Crippen LogP contribution in [0.3, 0.4) is 0 Å². The van der Waals surface area contributed by atoms with Crippen LogP contribution in [0.25, 0.3) is 22.1 Å². The van der Waals surface area contributed by atoms with Crippen LogP contribution in [0.4, 0.5) is 0 Å². The van der Waals surface area contributed by atoms with Gasteiger partial charge in [-0.05, 0) is 62.2 Å². The second-order valence-electron chi connectivity index (χ2n) is 6.94. The van der Waals surface area contributed by atoms with Crippen molar-refractivity contribution in [3.8, 4) is 28.4 Å². The summed E-state index contributed by atoms with van der Waals surface area (Å²) in [5.74, 6) is 1.09. The van der Waals surface area contributed by atoms with E-state index in [2.05, 4.69) is 0 Å². The Hall–Kier alpha value is -3.48. The largest absolute Gasteiger partial charge is 0.493 e. The van der Waals surface area contributed by atoms with Gasteiger partial charge in [0.15, 0.2) is 18.1 Å². The second kappa shape index (κ2) is 8.90. The molecule has 1 heterocycles. The van der Waals surface area contributed by atoms with Gasteiger partial charge in [-0.2, -0.15) is 0 Å². The number of benzene rings is 2. The first-order valence-corrected chi connectivity index (χ1v) is 9.46. The minimum Gasteiger partial charge on any atom is -0.493 e. The van der Waals surface area contributed by atoms with Gasteiger partial charge in [-0.3, -0.25) is 0 Å². The quantitative estimate of drug-likeness (QED) is 0.426. The summed E-state index contributed by atoms with van der Waals surface area (Å²) in [6.07, 6.45) is -0.210. The van der Waals surface area contributed by atoms with Crippen molar-refractivity contribution in [2.24, 2.45) is 0 Å². The standard InChI is InChI=1S/C23H24O7/c1-13(2)29-21(24)12-28-16-7-9-18-17(11-16)14(3)22(23(25)30-18)15-6-8-19(26-4)20(10-15)27-5/h6-11,13H,12H2,1-5H3. The number of rotatable bonds is 7. The van der Waals surface area contributed by atoms with Crippen LogP contribution in [-0.4, -0.2) is 32.9 Å². The van der Waals surface area contributed by atoms with E-state index in [0.717, 1.165) is 5.56 Å². The van der Waals surface area contributed by atoms with E-state index in [0.29, 0.717) is 39.3 Å². The molecule has 0 aliphatic rings. The van der Waals surface area contributed by atoms with Gasteiger partial charge in [-0.25, -0.2) is 9.59 Å². The number of carbonyl (C=O) groups is 1. The van der Waals surface area contributed by atoms with Gasteiger partial charge in [0, 0.05) is 5.39 Å². The van der Waals surface area contributed by atoms with Crippen molar-refractivity contribution in [3.05, 3.63) is 52.4 Å². The number of esters is 1. The third-order valence-corrected chi connectivity index (χ3v) is 4.53. The summed E-state index contributed by atoms with van der Waals surface area (Å²) >= 11 is 0. The Bertz CT molecular complexity index is 1130. The molecular formula is C23H24O7. The van der Waals surface area contributed by atoms with Gasteiger partial charge in [0.25, 0.3) is 0 Å². The molecule has 0 aliphatic heterocycles. The number of ether oxygens (including phenoxy) is 4. The normalized spacial score (nSPS) is 10.9. The highest BCUT2D eigenvalue weighted by molar-refractivity contribution is 5.88. The molecule has 0 radical (unpaired) electrons. The molecule has 0 fully saturated rings. The van der Waals surface area contributed by atoms with Crippen LogP contribution in [0.1, 0.15) is 19.4 Å². The Kier molecular flexibility index (Phi) is 6.30. The van der Waals surface area contributed by atoms with Crippen molar-refractivity contribution in [1.82, 2.24) is 0 Å². The van der Waals surface area contributed by atoms with E-state index < -0.39 is 11.6 Å². The molecule has 0 aliphatic carbocycles. The molecule has 3 aromatic rings. The summed E-state index contributed by atoms with van der Waals surface area (Å²) in [6, 6.07) is 10.3. The highest BCUT2D eigenvalue weighted by Gasteiger charge is 2.16. The predicted molar refractivity (Wildman–Crippen MR) is 112 cm³/mol. The fourth-order valence-corrected chi connectivity index (χ4v) is 3.18. The molecule has 0 atom stereocenters. The molecule has 0 unspecified atom stereocenters. The number of hydrogen-bond donors (Lipinski definition) is 0. The third-order valence-electron chi connectivity index (χ3n) is 4.53. The summed E-state index contributed by atoms with van der Waals surface area (Å²) in [5.41, 5.74) is 1.76. The van der Waals surface area contributed by atoms with Crippen molar-refractivity contribution >= 4 is 16.9 Å². The molecule has 3 rings (SSSR count). The number of aryl methyl sites for hydroxylation is 1. The lowest BCUT2D eigenvalue weighted by Gasteiger charge is -2.13. The van der Waals surface area contributed by atoms with Gasteiger partial charge in [0.2, 0.25) is 0 Å². The van der Waals surface area contributed by atoms with Crippen LogP contribution in [0.2, 0.25) is 0 Å². The van der Waals surface area contributed by atoms with Gasteiger partial charge in [-0.1, -0.05) is 6.07 Å². The molecule has 0 bridgehead atoms. The van der Waals surface area contributed by atoms with E-state index in [1.54, 1.807) is 57.4 Å². The minimum absolute atomic E-state index is 0.206. The van der Waals surface area contributed by atoms with Gasteiger partial charge < -0.3 is 23.4 Å². The van der Waals surface area contributed by atoms with E-state index in [1.165, 1.54) is 7.11 Å². The van der Waals surface area contributed by atoms with Crippen molar-refractivity contribution in [2.45, 2.75) is 26.9 Å². The minimum atomic E-state index is -0.457. The molecule has 158 valence electrons. The molecule has 2 aromatic carbocycles. The summed E-state index contributed by atoms with van der Waals surface area (Å²) < 4.78 is 26.7. The molecule has 30 heavy (non-hydrogen) atoms. The Balaban J connectivity index is 2.01. The van der Waals surface area contributed by atoms with Gasteiger partial charge in [-0.15, -0.1) is 0 Å². The Morgan fingerprint density at radius 1 is 1.03 bits per heavy atom. The van der Waals surface area contributed by atoms with Gasteiger partial charge >= 0.3 is 11.6 Å². The van der Waals surface area contributed by atoms with Crippen LogP contribution in [-0.2, 0) is 9.53 Å². The van der Waals surface area contributed by atoms with Crippen molar-refractivity contribution < 1.29 is 28.2 Å². The fourth-order valence-electron chi connectivity index (χ4n) is 3.18. The van der Waals surface area contributed by atoms with Crippen LogP contribution in [0, 0.1) is 6.92 Å². The monoisotopic (exact) mass is 412 g/mol. The van der Waals surface area contributed by atoms with E-state index in [4.69, 9.17) is 23.4 Å². The SMILES string of the molecule is COc1ccc(-c2c(C)c3cc(OCC(=O)OC(C)C)ccc3oc2=O)cc1OC. The summed E-state index contributed by atoms with van der Waals surface area (Å²) in [7, 11) is 3.08. The van der Waals surface area contributed by atoms with Gasteiger partial charge in [0.1, 0.15) is 11.3 Å². The maximum absolute atomic E-state index is 12.7. The molecule has 0 N–H and O–H groups in total. The number of carbonyl (C=O) groups excluding carboxylic acids is 1. The van der Waals surface area contributed by atoms with Crippen LogP contribution < -0.4 is 19.8 Å². The highest BCUT2D eigenvalue weighted by atomic mass is 16.6. The first-order chi connectivity index (χ1) is 14.3. The Morgan fingerprint density at radius 3 is 2.43 bits per heavy atom. The molecule has 0 spiro atoms. The lowest BCUT2D eigenvalue weighted by atomic mass is 9.99. The molecule has 1 aromatic heterocycles. The summed E-state index contributed by atoms with van der Waals surface area (Å²) in [6.45, 7) is 5.17. The zero-order valence-electron chi connectivity index (χ0n) is 17.6. The summed E-state index contributed by atoms with van der Waals surface area (Å²) in [5, 5.41) is 0.703. The molecular weight excluding hydrogens is 388 g/mol. The zero-order valence-corrected chi connectivity index (χ0v) is 17.6. The van der Waals surface area contributed by atoms with Crippen LogP contribution >= 0.6 is 0 Å². The first-order valence-electron chi connectivity index (χ1n) is 9.46.